The van der Waals surface area contributed by atoms with Gasteiger partial charge >= 0.3 is 0 Å². The number of nitrogens with two attached hydrogens (primary N) is 1. The first-order chi connectivity index (χ1) is 8.88. The first-order valence-electron chi connectivity index (χ1n) is 6.38. The standard InChI is InChI=1S/C15H19FN2S/c1-10(2)13-9-19-14(18-13)15(3,17)8-11-4-6-12(16)7-5-11/h4-7,9-10H,8,17H2,1-3H3. The minimum absolute atomic E-state index is 0.223. The summed E-state index contributed by atoms with van der Waals surface area (Å²) >= 11 is 1.60. The number of hydrogen-bond acceptors (Lipinski definition) is 3. The fourth-order valence-corrected chi connectivity index (χ4v) is 2.97. The molecule has 0 bridgehead atoms. The van der Waals surface area contributed by atoms with E-state index in [1.54, 1.807) is 23.5 Å². The first kappa shape index (κ1) is 14.2. The Bertz CT molecular complexity index is 544. The van der Waals surface area contributed by atoms with Crippen LogP contribution in [0.25, 0.3) is 0 Å². The van der Waals surface area contributed by atoms with Crippen LogP contribution in [0.15, 0.2) is 29.6 Å². The van der Waals surface area contributed by atoms with Crippen LogP contribution >= 0.6 is 11.3 Å². The van der Waals surface area contributed by atoms with E-state index in [1.165, 1.54) is 12.1 Å². The molecule has 2 aromatic rings. The molecule has 2 rings (SSSR count). The van der Waals surface area contributed by atoms with Crippen molar-refractivity contribution in [2.75, 3.05) is 0 Å². The van der Waals surface area contributed by atoms with Crippen LogP contribution in [-0.4, -0.2) is 4.98 Å². The van der Waals surface area contributed by atoms with E-state index in [2.05, 4.69) is 24.2 Å². The molecule has 0 aliphatic rings. The van der Waals surface area contributed by atoms with Crippen molar-refractivity contribution < 1.29 is 4.39 Å². The highest BCUT2D eigenvalue weighted by Crippen LogP contribution is 2.28. The topological polar surface area (TPSA) is 38.9 Å². The summed E-state index contributed by atoms with van der Waals surface area (Å²) in [5, 5.41) is 3.00. The Labute approximate surface area is 117 Å². The van der Waals surface area contributed by atoms with E-state index >= 15 is 0 Å². The number of nitrogens with zero attached hydrogens (tertiary/aromatic N) is 1. The van der Waals surface area contributed by atoms with Gasteiger partial charge in [-0.1, -0.05) is 26.0 Å². The van der Waals surface area contributed by atoms with Gasteiger partial charge in [0.15, 0.2) is 0 Å². The Hall–Kier alpha value is -1.26. The molecule has 1 aromatic heterocycles. The second-order valence-corrected chi connectivity index (χ2v) is 6.31. The van der Waals surface area contributed by atoms with Gasteiger partial charge in [0, 0.05) is 5.38 Å². The summed E-state index contributed by atoms with van der Waals surface area (Å²) in [4.78, 5) is 4.61. The van der Waals surface area contributed by atoms with Gasteiger partial charge in [0.25, 0.3) is 0 Å². The number of benzene rings is 1. The SMILES string of the molecule is CC(C)c1csc(C(C)(N)Cc2ccc(F)cc2)n1. The predicted octanol–water partition coefficient (Wildman–Crippen LogP) is 3.82. The van der Waals surface area contributed by atoms with Crippen LogP contribution in [0.3, 0.4) is 0 Å². The molecule has 1 unspecified atom stereocenters. The van der Waals surface area contributed by atoms with Crippen LogP contribution < -0.4 is 5.73 Å². The second-order valence-electron chi connectivity index (χ2n) is 5.45. The summed E-state index contributed by atoms with van der Waals surface area (Å²) in [6.07, 6.45) is 0.651. The third kappa shape index (κ3) is 3.39. The molecule has 0 amide bonds. The lowest BCUT2D eigenvalue weighted by Gasteiger charge is -2.22. The summed E-state index contributed by atoms with van der Waals surface area (Å²) in [5.41, 5.74) is 7.96. The predicted molar refractivity (Wildman–Crippen MR) is 77.8 cm³/mol. The van der Waals surface area contributed by atoms with Crippen LogP contribution in [0.2, 0.25) is 0 Å². The lowest BCUT2D eigenvalue weighted by atomic mass is 9.94. The second kappa shape index (κ2) is 5.39. The molecule has 102 valence electrons. The minimum Gasteiger partial charge on any atom is -0.319 e. The Morgan fingerprint density at radius 1 is 1.32 bits per heavy atom. The Kier molecular flexibility index (Phi) is 4.02. The van der Waals surface area contributed by atoms with E-state index in [1.807, 2.05) is 6.92 Å². The average Bonchev–Trinajstić information content (AvgIpc) is 2.82. The normalized spacial score (nSPS) is 14.6. The highest BCUT2D eigenvalue weighted by molar-refractivity contribution is 7.09. The van der Waals surface area contributed by atoms with E-state index in [0.717, 1.165) is 16.3 Å². The van der Waals surface area contributed by atoms with Gasteiger partial charge in [-0.3, -0.25) is 0 Å². The molecule has 0 fully saturated rings. The van der Waals surface area contributed by atoms with E-state index in [-0.39, 0.29) is 5.82 Å². The van der Waals surface area contributed by atoms with Crippen LogP contribution in [0, 0.1) is 5.82 Å². The lowest BCUT2D eigenvalue weighted by Crippen LogP contribution is -2.35. The van der Waals surface area contributed by atoms with Gasteiger partial charge in [-0.05, 0) is 37.0 Å². The lowest BCUT2D eigenvalue weighted by molar-refractivity contribution is 0.485. The van der Waals surface area contributed by atoms with Gasteiger partial charge in [0.05, 0.1) is 11.2 Å². The van der Waals surface area contributed by atoms with Crippen molar-refractivity contribution >= 4 is 11.3 Å². The minimum atomic E-state index is -0.518. The molecule has 2 N–H and O–H groups in total. The van der Waals surface area contributed by atoms with Gasteiger partial charge < -0.3 is 5.73 Å². The van der Waals surface area contributed by atoms with Crippen molar-refractivity contribution in [3.63, 3.8) is 0 Å². The molecule has 4 heteroatoms. The van der Waals surface area contributed by atoms with Crippen molar-refractivity contribution in [3.05, 3.63) is 51.7 Å². The van der Waals surface area contributed by atoms with Crippen LogP contribution in [-0.2, 0) is 12.0 Å². The molecule has 19 heavy (non-hydrogen) atoms. The quantitative estimate of drug-likeness (QED) is 0.923. The largest absolute Gasteiger partial charge is 0.319 e. The Morgan fingerprint density at radius 2 is 1.95 bits per heavy atom. The van der Waals surface area contributed by atoms with Crippen molar-refractivity contribution in [1.82, 2.24) is 4.98 Å². The van der Waals surface area contributed by atoms with E-state index < -0.39 is 5.54 Å². The molecule has 0 radical (unpaired) electrons. The number of hydrogen-bond donors (Lipinski definition) is 1. The van der Waals surface area contributed by atoms with E-state index in [9.17, 15) is 4.39 Å². The maximum Gasteiger partial charge on any atom is 0.123 e. The summed E-state index contributed by atoms with van der Waals surface area (Å²) in [6.45, 7) is 6.21. The Morgan fingerprint density at radius 3 is 2.47 bits per heavy atom. The summed E-state index contributed by atoms with van der Waals surface area (Å²) in [7, 11) is 0. The van der Waals surface area contributed by atoms with Crippen molar-refractivity contribution in [1.29, 1.82) is 0 Å². The summed E-state index contributed by atoms with van der Waals surface area (Å²) in [6, 6.07) is 6.48. The van der Waals surface area contributed by atoms with Crippen LogP contribution in [0.5, 0.6) is 0 Å². The van der Waals surface area contributed by atoms with Crippen molar-refractivity contribution in [3.8, 4) is 0 Å². The average molecular weight is 278 g/mol. The number of aromatic nitrogens is 1. The maximum absolute atomic E-state index is 12.9. The van der Waals surface area contributed by atoms with Crippen LogP contribution in [0.4, 0.5) is 4.39 Å². The van der Waals surface area contributed by atoms with Gasteiger partial charge in [-0.25, -0.2) is 9.37 Å². The molecule has 0 saturated heterocycles. The Balaban J connectivity index is 2.18. The molecule has 0 saturated carbocycles. The number of rotatable bonds is 4. The monoisotopic (exact) mass is 278 g/mol. The van der Waals surface area contributed by atoms with Crippen molar-refractivity contribution in [2.45, 2.75) is 38.6 Å². The molecule has 1 heterocycles. The van der Waals surface area contributed by atoms with Crippen molar-refractivity contribution in [2.24, 2.45) is 5.73 Å². The molecular formula is C15H19FN2S. The fourth-order valence-electron chi connectivity index (χ4n) is 1.92. The van der Waals surface area contributed by atoms with Gasteiger partial charge in [0.1, 0.15) is 10.8 Å². The molecule has 0 aliphatic heterocycles. The summed E-state index contributed by atoms with van der Waals surface area (Å²) in [5.74, 6) is 0.186. The molecule has 1 aromatic carbocycles. The third-order valence-electron chi connectivity index (χ3n) is 3.09. The van der Waals surface area contributed by atoms with E-state index in [0.29, 0.717) is 12.3 Å². The fraction of sp³-hybridized carbons (Fsp3) is 0.400. The summed E-state index contributed by atoms with van der Waals surface area (Å²) < 4.78 is 12.9. The highest BCUT2D eigenvalue weighted by atomic mass is 32.1. The van der Waals surface area contributed by atoms with Gasteiger partial charge in [-0.2, -0.15) is 0 Å². The zero-order valence-electron chi connectivity index (χ0n) is 11.5. The van der Waals surface area contributed by atoms with Gasteiger partial charge in [0.2, 0.25) is 0 Å². The molecule has 0 spiro atoms. The molecule has 2 nitrogen and oxygen atoms in total. The number of halogens is 1. The molecule has 0 aliphatic carbocycles. The third-order valence-corrected chi connectivity index (χ3v) is 4.23. The van der Waals surface area contributed by atoms with Crippen LogP contribution in [0.1, 0.15) is 43.0 Å². The smallest absolute Gasteiger partial charge is 0.123 e. The van der Waals surface area contributed by atoms with E-state index in [4.69, 9.17) is 5.73 Å². The number of thiazole rings is 1. The highest BCUT2D eigenvalue weighted by Gasteiger charge is 2.25. The molecule has 1 atom stereocenters. The van der Waals surface area contributed by atoms with Gasteiger partial charge in [-0.15, -0.1) is 11.3 Å². The zero-order valence-corrected chi connectivity index (χ0v) is 12.3. The molecular weight excluding hydrogens is 259 g/mol. The first-order valence-corrected chi connectivity index (χ1v) is 7.25. The maximum atomic E-state index is 12.9. The zero-order chi connectivity index (χ0) is 14.0.